The number of hydrogen-bond donors (Lipinski definition) is 3. The van der Waals surface area contributed by atoms with Gasteiger partial charge >= 0.3 is 5.97 Å². The summed E-state index contributed by atoms with van der Waals surface area (Å²) in [5, 5.41) is 21.9. The standard InChI is InChI=1S/C12H16N2O5/c1-7(15)14-6-10(16)11(17)9-5-8(3-4-13-9)12(18)19-2/h3-5,10-11,16-17H,6H2,1-2H3,(H,14,15). The van der Waals surface area contributed by atoms with Gasteiger partial charge in [0.2, 0.25) is 5.91 Å². The van der Waals surface area contributed by atoms with E-state index in [0.717, 1.165) is 0 Å². The molecule has 0 aliphatic rings. The van der Waals surface area contributed by atoms with Gasteiger partial charge in [-0.3, -0.25) is 9.78 Å². The number of aliphatic hydroxyl groups is 2. The van der Waals surface area contributed by atoms with Crippen LogP contribution in [-0.4, -0.2) is 46.8 Å². The molecule has 0 saturated heterocycles. The highest BCUT2D eigenvalue weighted by Crippen LogP contribution is 2.15. The van der Waals surface area contributed by atoms with Crippen molar-refractivity contribution in [3.05, 3.63) is 29.6 Å². The number of amides is 1. The van der Waals surface area contributed by atoms with Gasteiger partial charge in [0.25, 0.3) is 0 Å². The molecule has 104 valence electrons. The Morgan fingerprint density at radius 1 is 1.47 bits per heavy atom. The van der Waals surface area contributed by atoms with E-state index in [4.69, 9.17) is 0 Å². The Hall–Kier alpha value is -1.99. The summed E-state index contributed by atoms with van der Waals surface area (Å²) in [5.74, 6) is -0.880. The first kappa shape index (κ1) is 15.1. The maximum absolute atomic E-state index is 11.3. The highest BCUT2D eigenvalue weighted by atomic mass is 16.5. The maximum Gasteiger partial charge on any atom is 0.337 e. The minimum atomic E-state index is -1.31. The zero-order chi connectivity index (χ0) is 14.4. The fourth-order valence-corrected chi connectivity index (χ4v) is 1.41. The van der Waals surface area contributed by atoms with Crippen LogP contribution in [0.2, 0.25) is 0 Å². The molecule has 0 aliphatic heterocycles. The molecule has 0 fully saturated rings. The van der Waals surface area contributed by atoms with Gasteiger partial charge < -0.3 is 20.3 Å². The summed E-state index contributed by atoms with van der Waals surface area (Å²) in [7, 11) is 1.24. The molecular formula is C12H16N2O5. The van der Waals surface area contributed by atoms with Crippen molar-refractivity contribution in [2.45, 2.75) is 19.1 Å². The van der Waals surface area contributed by atoms with Crippen LogP contribution in [0.15, 0.2) is 18.3 Å². The minimum Gasteiger partial charge on any atom is -0.465 e. The number of carbonyl (C=O) groups is 2. The molecule has 2 unspecified atom stereocenters. The van der Waals surface area contributed by atoms with Gasteiger partial charge in [0, 0.05) is 19.7 Å². The molecule has 1 rings (SSSR count). The molecule has 0 bridgehead atoms. The molecule has 19 heavy (non-hydrogen) atoms. The van der Waals surface area contributed by atoms with Crippen molar-refractivity contribution in [1.29, 1.82) is 0 Å². The van der Waals surface area contributed by atoms with Crippen LogP contribution in [0.5, 0.6) is 0 Å². The number of aromatic nitrogens is 1. The summed E-state index contributed by atoms with van der Waals surface area (Å²) in [5.41, 5.74) is 0.346. The number of carbonyl (C=O) groups excluding carboxylic acids is 2. The normalized spacial score (nSPS) is 13.5. The van der Waals surface area contributed by atoms with Gasteiger partial charge in [0.15, 0.2) is 0 Å². The van der Waals surface area contributed by atoms with E-state index >= 15 is 0 Å². The van der Waals surface area contributed by atoms with Crippen molar-refractivity contribution in [3.8, 4) is 0 Å². The van der Waals surface area contributed by atoms with Gasteiger partial charge in [-0.15, -0.1) is 0 Å². The first-order valence-corrected chi connectivity index (χ1v) is 5.60. The minimum absolute atomic E-state index is 0.110. The average Bonchev–Trinajstić information content (AvgIpc) is 2.43. The molecule has 7 nitrogen and oxygen atoms in total. The lowest BCUT2D eigenvalue weighted by Crippen LogP contribution is -2.34. The van der Waals surface area contributed by atoms with Gasteiger partial charge in [-0.05, 0) is 12.1 Å². The van der Waals surface area contributed by atoms with Crippen LogP contribution in [0.4, 0.5) is 0 Å². The van der Waals surface area contributed by atoms with Crippen molar-refractivity contribution in [1.82, 2.24) is 10.3 Å². The Bertz CT molecular complexity index is 463. The van der Waals surface area contributed by atoms with Gasteiger partial charge in [-0.2, -0.15) is 0 Å². The molecule has 1 amide bonds. The van der Waals surface area contributed by atoms with Crippen LogP contribution in [-0.2, 0) is 9.53 Å². The largest absolute Gasteiger partial charge is 0.465 e. The number of ether oxygens (including phenoxy) is 1. The quantitative estimate of drug-likeness (QED) is 0.615. The molecule has 7 heteroatoms. The SMILES string of the molecule is COC(=O)c1ccnc(C(O)C(O)CNC(C)=O)c1. The Balaban J connectivity index is 2.78. The van der Waals surface area contributed by atoms with E-state index in [2.05, 4.69) is 15.0 Å². The van der Waals surface area contributed by atoms with Crippen LogP contribution in [0.25, 0.3) is 0 Å². The van der Waals surface area contributed by atoms with E-state index in [1.165, 1.54) is 32.4 Å². The second kappa shape index (κ2) is 6.81. The summed E-state index contributed by atoms with van der Waals surface area (Å²) in [4.78, 5) is 25.9. The number of nitrogens with zero attached hydrogens (tertiary/aromatic N) is 1. The molecule has 1 heterocycles. The maximum atomic E-state index is 11.3. The van der Waals surface area contributed by atoms with Crippen LogP contribution in [0.1, 0.15) is 29.1 Å². The molecule has 1 aromatic heterocycles. The Morgan fingerprint density at radius 2 is 2.16 bits per heavy atom. The lowest BCUT2D eigenvalue weighted by atomic mass is 10.1. The first-order chi connectivity index (χ1) is 8.95. The molecule has 0 saturated carbocycles. The van der Waals surface area contributed by atoms with Crippen LogP contribution < -0.4 is 5.32 Å². The zero-order valence-electron chi connectivity index (χ0n) is 10.7. The number of pyridine rings is 1. The number of aliphatic hydroxyl groups excluding tert-OH is 2. The summed E-state index contributed by atoms with van der Waals surface area (Å²) in [6.45, 7) is 1.19. The lowest BCUT2D eigenvalue weighted by molar-refractivity contribution is -0.119. The van der Waals surface area contributed by atoms with Crippen molar-refractivity contribution in [2.24, 2.45) is 0 Å². The van der Waals surface area contributed by atoms with E-state index in [1.807, 2.05) is 0 Å². The van der Waals surface area contributed by atoms with Crippen molar-refractivity contribution >= 4 is 11.9 Å². The molecule has 0 spiro atoms. The van der Waals surface area contributed by atoms with Gasteiger partial charge in [-0.1, -0.05) is 0 Å². The second-order valence-electron chi connectivity index (χ2n) is 3.91. The van der Waals surface area contributed by atoms with E-state index in [1.54, 1.807) is 0 Å². The predicted molar refractivity (Wildman–Crippen MR) is 65.2 cm³/mol. The average molecular weight is 268 g/mol. The fraction of sp³-hybridized carbons (Fsp3) is 0.417. The van der Waals surface area contributed by atoms with Gasteiger partial charge in [0.05, 0.1) is 18.4 Å². The van der Waals surface area contributed by atoms with E-state index in [0.29, 0.717) is 0 Å². The van der Waals surface area contributed by atoms with E-state index in [9.17, 15) is 19.8 Å². The third-order valence-corrected chi connectivity index (χ3v) is 2.43. The fourth-order valence-electron chi connectivity index (χ4n) is 1.41. The molecule has 1 aromatic rings. The first-order valence-electron chi connectivity index (χ1n) is 5.60. The van der Waals surface area contributed by atoms with Crippen molar-refractivity contribution < 1.29 is 24.5 Å². The molecule has 0 aliphatic carbocycles. The third kappa shape index (κ3) is 4.31. The van der Waals surface area contributed by atoms with Crippen molar-refractivity contribution in [2.75, 3.05) is 13.7 Å². The second-order valence-corrected chi connectivity index (χ2v) is 3.91. The number of hydrogen-bond acceptors (Lipinski definition) is 6. The number of esters is 1. The highest BCUT2D eigenvalue weighted by molar-refractivity contribution is 5.89. The molecule has 0 aromatic carbocycles. The molecule has 0 radical (unpaired) electrons. The van der Waals surface area contributed by atoms with E-state index in [-0.39, 0.29) is 23.7 Å². The zero-order valence-corrected chi connectivity index (χ0v) is 10.7. The summed E-state index contributed by atoms with van der Waals surface area (Å²) in [6.07, 6.45) is -1.20. The van der Waals surface area contributed by atoms with Crippen LogP contribution in [0.3, 0.4) is 0 Å². The smallest absolute Gasteiger partial charge is 0.337 e. The highest BCUT2D eigenvalue weighted by Gasteiger charge is 2.21. The predicted octanol–water partition coefficient (Wildman–Crippen LogP) is -0.601. The van der Waals surface area contributed by atoms with Gasteiger partial charge in [0.1, 0.15) is 12.2 Å². The topological polar surface area (TPSA) is 109 Å². The Kier molecular flexibility index (Phi) is 5.40. The number of rotatable bonds is 5. The monoisotopic (exact) mass is 268 g/mol. The molecular weight excluding hydrogens is 252 g/mol. The lowest BCUT2D eigenvalue weighted by Gasteiger charge is -2.17. The summed E-state index contributed by atoms with van der Waals surface area (Å²) in [6, 6.07) is 2.76. The summed E-state index contributed by atoms with van der Waals surface area (Å²) >= 11 is 0. The molecule has 2 atom stereocenters. The van der Waals surface area contributed by atoms with Crippen LogP contribution in [0, 0.1) is 0 Å². The summed E-state index contributed by atoms with van der Waals surface area (Å²) < 4.78 is 4.54. The van der Waals surface area contributed by atoms with Crippen molar-refractivity contribution in [3.63, 3.8) is 0 Å². The number of nitrogens with one attached hydrogen (secondary N) is 1. The Labute approximate surface area is 110 Å². The third-order valence-electron chi connectivity index (χ3n) is 2.43. The van der Waals surface area contributed by atoms with Gasteiger partial charge in [-0.25, -0.2) is 4.79 Å². The number of methoxy groups -OCH3 is 1. The van der Waals surface area contributed by atoms with Crippen LogP contribution >= 0.6 is 0 Å². The Morgan fingerprint density at radius 3 is 2.74 bits per heavy atom. The van der Waals surface area contributed by atoms with E-state index < -0.39 is 18.2 Å². The molecule has 3 N–H and O–H groups in total.